The highest BCUT2D eigenvalue weighted by molar-refractivity contribution is 7.89. The van der Waals surface area contributed by atoms with Crippen molar-refractivity contribution in [2.75, 3.05) is 25.0 Å². The second kappa shape index (κ2) is 9.84. The summed E-state index contributed by atoms with van der Waals surface area (Å²) in [6, 6.07) is 11.0. The molecule has 0 unspecified atom stereocenters. The van der Waals surface area contributed by atoms with Crippen molar-refractivity contribution in [3.05, 3.63) is 54.1 Å². The Hall–Kier alpha value is -3.05. The molecule has 0 bridgehead atoms. The fourth-order valence-electron chi connectivity index (χ4n) is 3.05. The van der Waals surface area contributed by atoms with Gasteiger partial charge in [-0.05, 0) is 43.2 Å². The van der Waals surface area contributed by atoms with Gasteiger partial charge in [0.25, 0.3) is 5.91 Å². The van der Waals surface area contributed by atoms with Crippen LogP contribution < -0.4 is 10.1 Å². The highest BCUT2D eigenvalue weighted by Gasteiger charge is 2.27. The first-order valence-corrected chi connectivity index (χ1v) is 10.8. The molecule has 1 aliphatic heterocycles. The third kappa shape index (κ3) is 5.76. The number of amides is 1. The van der Waals surface area contributed by atoms with Crippen LogP contribution in [0.15, 0.2) is 53.4 Å². The molecule has 3 rings (SSSR count). The summed E-state index contributed by atoms with van der Waals surface area (Å²) in [5.74, 6) is -2.11. The van der Waals surface area contributed by atoms with Crippen LogP contribution in [0.1, 0.15) is 23.2 Å². The van der Waals surface area contributed by atoms with Crippen molar-refractivity contribution < 1.29 is 36.3 Å². The molecule has 0 aromatic heterocycles. The van der Waals surface area contributed by atoms with Crippen LogP contribution in [0.25, 0.3) is 0 Å². The Morgan fingerprint density at radius 3 is 2.48 bits per heavy atom. The van der Waals surface area contributed by atoms with Gasteiger partial charge < -0.3 is 14.8 Å². The van der Waals surface area contributed by atoms with Crippen LogP contribution in [-0.4, -0.2) is 50.9 Å². The highest BCUT2D eigenvalue weighted by atomic mass is 32.2. The largest absolute Gasteiger partial charge is 0.452 e. The first-order valence-electron chi connectivity index (χ1n) is 9.38. The second-order valence-corrected chi connectivity index (χ2v) is 8.58. The standard InChI is InChI=1S/C20H20F2N2O6S/c21-20(22)30-17-9-2-1-8-16(17)19(26)29-13-18(25)23-14-6-5-7-15(12-14)31(27,28)24-10-3-4-11-24/h1-2,5-9,12,20H,3-4,10-11,13H2,(H,23,25). The van der Waals surface area contributed by atoms with Gasteiger partial charge in [-0.1, -0.05) is 18.2 Å². The topological polar surface area (TPSA) is 102 Å². The van der Waals surface area contributed by atoms with Gasteiger partial charge in [0.15, 0.2) is 6.61 Å². The minimum atomic E-state index is -3.65. The number of rotatable bonds is 8. The van der Waals surface area contributed by atoms with E-state index in [9.17, 15) is 26.8 Å². The summed E-state index contributed by atoms with van der Waals surface area (Å²) >= 11 is 0. The van der Waals surface area contributed by atoms with Gasteiger partial charge in [0.1, 0.15) is 11.3 Å². The molecule has 0 aliphatic carbocycles. The van der Waals surface area contributed by atoms with Crippen molar-refractivity contribution in [1.82, 2.24) is 4.31 Å². The van der Waals surface area contributed by atoms with E-state index in [4.69, 9.17) is 4.74 Å². The average Bonchev–Trinajstić information content (AvgIpc) is 3.28. The number of anilines is 1. The molecule has 0 spiro atoms. The van der Waals surface area contributed by atoms with Crippen LogP contribution in [0.2, 0.25) is 0 Å². The molecule has 0 saturated carbocycles. The SMILES string of the molecule is O=C(COC(=O)c1ccccc1OC(F)F)Nc1cccc(S(=O)(=O)N2CCCC2)c1. The maximum absolute atomic E-state index is 12.6. The minimum absolute atomic E-state index is 0.0438. The molecule has 1 N–H and O–H groups in total. The van der Waals surface area contributed by atoms with Crippen LogP contribution in [0.5, 0.6) is 5.75 Å². The molecule has 1 saturated heterocycles. The lowest BCUT2D eigenvalue weighted by Gasteiger charge is -2.16. The van der Waals surface area contributed by atoms with Crippen molar-refractivity contribution in [3.8, 4) is 5.75 Å². The first-order chi connectivity index (χ1) is 14.8. The van der Waals surface area contributed by atoms with E-state index in [0.717, 1.165) is 12.8 Å². The number of alkyl halides is 2. The predicted octanol–water partition coefficient (Wildman–Crippen LogP) is 2.87. The number of ether oxygens (including phenoxy) is 2. The zero-order chi connectivity index (χ0) is 22.4. The Kier molecular flexibility index (Phi) is 7.18. The fourth-order valence-corrected chi connectivity index (χ4v) is 4.62. The van der Waals surface area contributed by atoms with Crippen molar-refractivity contribution >= 4 is 27.6 Å². The number of esters is 1. The number of benzene rings is 2. The first kappa shape index (κ1) is 22.6. The maximum atomic E-state index is 12.6. The van der Waals surface area contributed by atoms with Crippen molar-refractivity contribution in [2.24, 2.45) is 0 Å². The van der Waals surface area contributed by atoms with Crippen molar-refractivity contribution in [3.63, 3.8) is 0 Å². The Balaban J connectivity index is 1.61. The molecule has 0 atom stereocenters. The molecule has 1 fully saturated rings. The van der Waals surface area contributed by atoms with Gasteiger partial charge in [-0.25, -0.2) is 13.2 Å². The maximum Gasteiger partial charge on any atom is 0.387 e. The van der Waals surface area contributed by atoms with E-state index in [-0.39, 0.29) is 21.9 Å². The van der Waals surface area contributed by atoms with Crippen LogP contribution in [0, 0.1) is 0 Å². The van der Waals surface area contributed by atoms with E-state index in [0.29, 0.717) is 13.1 Å². The summed E-state index contributed by atoms with van der Waals surface area (Å²) in [4.78, 5) is 24.3. The summed E-state index contributed by atoms with van der Waals surface area (Å²) < 4.78 is 60.7. The number of hydrogen-bond donors (Lipinski definition) is 1. The molecular weight excluding hydrogens is 434 g/mol. The van der Waals surface area contributed by atoms with Crippen LogP contribution in [0.3, 0.4) is 0 Å². The number of sulfonamides is 1. The van der Waals surface area contributed by atoms with Gasteiger partial charge in [0, 0.05) is 18.8 Å². The molecule has 1 heterocycles. The van der Waals surface area contributed by atoms with Gasteiger partial charge >= 0.3 is 12.6 Å². The summed E-state index contributed by atoms with van der Waals surface area (Å²) in [6.07, 6.45) is 1.60. The van der Waals surface area contributed by atoms with E-state index >= 15 is 0 Å². The molecule has 1 amide bonds. The fraction of sp³-hybridized carbons (Fsp3) is 0.300. The van der Waals surface area contributed by atoms with Crippen molar-refractivity contribution in [1.29, 1.82) is 0 Å². The van der Waals surface area contributed by atoms with E-state index < -0.39 is 35.1 Å². The smallest absolute Gasteiger partial charge is 0.387 e. The van der Waals surface area contributed by atoms with E-state index in [1.54, 1.807) is 0 Å². The number of para-hydroxylation sites is 1. The molecule has 2 aromatic carbocycles. The average molecular weight is 454 g/mol. The number of nitrogens with zero attached hydrogens (tertiary/aromatic N) is 1. The van der Waals surface area contributed by atoms with E-state index in [2.05, 4.69) is 10.1 Å². The molecule has 1 aliphatic rings. The second-order valence-electron chi connectivity index (χ2n) is 6.64. The summed E-state index contributed by atoms with van der Waals surface area (Å²) in [5, 5.41) is 2.45. The number of carbonyl (C=O) groups is 2. The molecule has 11 heteroatoms. The van der Waals surface area contributed by atoms with Crippen LogP contribution in [0.4, 0.5) is 14.5 Å². The zero-order valence-electron chi connectivity index (χ0n) is 16.3. The summed E-state index contributed by atoms with van der Waals surface area (Å²) in [5.41, 5.74) is -0.0444. The summed E-state index contributed by atoms with van der Waals surface area (Å²) in [6.45, 7) is -2.93. The highest BCUT2D eigenvalue weighted by Crippen LogP contribution is 2.23. The normalized spacial score (nSPS) is 14.4. The van der Waals surface area contributed by atoms with Gasteiger partial charge in [-0.2, -0.15) is 13.1 Å². The number of carbonyl (C=O) groups excluding carboxylic acids is 2. The Bertz CT molecular complexity index is 1060. The lowest BCUT2D eigenvalue weighted by atomic mass is 10.2. The molecule has 166 valence electrons. The van der Waals surface area contributed by atoms with Gasteiger partial charge in [-0.15, -0.1) is 0 Å². The van der Waals surface area contributed by atoms with Crippen LogP contribution >= 0.6 is 0 Å². The lowest BCUT2D eigenvalue weighted by Crippen LogP contribution is -2.28. The molecular formula is C20H20F2N2O6S. The predicted molar refractivity (Wildman–Crippen MR) is 106 cm³/mol. The molecule has 2 aromatic rings. The number of halogens is 2. The minimum Gasteiger partial charge on any atom is -0.452 e. The van der Waals surface area contributed by atoms with Crippen LogP contribution in [-0.2, 0) is 19.6 Å². The van der Waals surface area contributed by atoms with E-state index in [1.807, 2.05) is 0 Å². The van der Waals surface area contributed by atoms with E-state index in [1.165, 1.54) is 52.8 Å². The lowest BCUT2D eigenvalue weighted by molar-refractivity contribution is -0.119. The molecule has 0 radical (unpaired) electrons. The number of hydrogen-bond acceptors (Lipinski definition) is 6. The Morgan fingerprint density at radius 2 is 1.77 bits per heavy atom. The van der Waals surface area contributed by atoms with Gasteiger partial charge in [-0.3, -0.25) is 4.79 Å². The Morgan fingerprint density at radius 1 is 1.06 bits per heavy atom. The third-order valence-electron chi connectivity index (χ3n) is 4.48. The summed E-state index contributed by atoms with van der Waals surface area (Å²) in [7, 11) is -3.65. The van der Waals surface area contributed by atoms with Gasteiger partial charge in [0.05, 0.1) is 4.90 Å². The zero-order valence-corrected chi connectivity index (χ0v) is 17.1. The third-order valence-corrected chi connectivity index (χ3v) is 6.37. The Labute approximate surface area is 177 Å². The number of nitrogens with one attached hydrogen (secondary N) is 1. The van der Waals surface area contributed by atoms with Gasteiger partial charge in [0.2, 0.25) is 10.0 Å². The molecule has 8 nitrogen and oxygen atoms in total. The monoisotopic (exact) mass is 454 g/mol. The molecule has 31 heavy (non-hydrogen) atoms. The quantitative estimate of drug-likeness (QED) is 0.616. The van der Waals surface area contributed by atoms with Crippen molar-refractivity contribution in [2.45, 2.75) is 24.3 Å².